The number of methoxy groups -OCH3 is 2. The van der Waals surface area contributed by atoms with Crippen molar-refractivity contribution in [3.63, 3.8) is 0 Å². The number of fused-ring (bicyclic) bond motifs is 1. The molecule has 18 heavy (non-hydrogen) atoms. The Bertz CT molecular complexity index is 213. The summed E-state index contributed by atoms with van der Waals surface area (Å²) >= 11 is 0. The average molecular weight is 262 g/mol. The summed E-state index contributed by atoms with van der Waals surface area (Å²) in [5.74, 6) is 0. The summed E-state index contributed by atoms with van der Waals surface area (Å²) in [5, 5.41) is 0. The Morgan fingerprint density at radius 3 is 1.61 bits per heavy atom. The zero-order valence-electron chi connectivity index (χ0n) is 11.0. The molecule has 6 nitrogen and oxygen atoms in total. The smallest absolute Gasteiger partial charge is 0.115 e. The Hall–Kier alpha value is -0.240. The van der Waals surface area contributed by atoms with Crippen molar-refractivity contribution in [2.24, 2.45) is 0 Å². The summed E-state index contributed by atoms with van der Waals surface area (Å²) in [7, 11) is 3.31. The van der Waals surface area contributed by atoms with Gasteiger partial charge in [0.1, 0.15) is 24.4 Å². The predicted molar refractivity (Wildman–Crippen MR) is 62.7 cm³/mol. The molecule has 0 aliphatic carbocycles. The number of hydrogen-bond acceptors (Lipinski definition) is 6. The standard InChI is InChI=1S/C12H22O6/c1-13-3-5-15-9-7-17-12-10(8-18-11(9)12)16-6-4-14-2/h9-12H,3-8H2,1-2H3/t9-,10-,11+,12+/m0/s1. The largest absolute Gasteiger partial charge is 0.382 e. The lowest BCUT2D eigenvalue weighted by Crippen LogP contribution is -2.34. The molecule has 0 aromatic carbocycles. The van der Waals surface area contributed by atoms with Gasteiger partial charge in [-0.3, -0.25) is 0 Å². The molecular weight excluding hydrogens is 240 g/mol. The van der Waals surface area contributed by atoms with Gasteiger partial charge in [-0.2, -0.15) is 0 Å². The van der Waals surface area contributed by atoms with Crippen LogP contribution >= 0.6 is 0 Å². The quantitative estimate of drug-likeness (QED) is 0.567. The molecule has 106 valence electrons. The SMILES string of the molecule is COCCO[C@H]1CO[C@H]2[C@@H]1OC[C@@H]2OCCOC. The van der Waals surface area contributed by atoms with Crippen molar-refractivity contribution in [2.45, 2.75) is 24.4 Å². The van der Waals surface area contributed by atoms with Gasteiger partial charge >= 0.3 is 0 Å². The highest BCUT2D eigenvalue weighted by atomic mass is 16.6. The number of hydrogen-bond donors (Lipinski definition) is 0. The molecule has 0 N–H and O–H groups in total. The van der Waals surface area contributed by atoms with Crippen molar-refractivity contribution in [3.8, 4) is 0 Å². The van der Waals surface area contributed by atoms with Gasteiger partial charge in [-0.15, -0.1) is 0 Å². The third kappa shape index (κ3) is 3.40. The molecule has 2 aliphatic heterocycles. The third-order valence-electron chi connectivity index (χ3n) is 3.20. The van der Waals surface area contributed by atoms with Crippen LogP contribution in [0.25, 0.3) is 0 Å². The fourth-order valence-electron chi connectivity index (χ4n) is 2.28. The lowest BCUT2D eigenvalue weighted by molar-refractivity contribution is -0.0625. The maximum Gasteiger partial charge on any atom is 0.115 e. The summed E-state index contributed by atoms with van der Waals surface area (Å²) < 4.78 is 32.7. The minimum atomic E-state index is -0.0191. The van der Waals surface area contributed by atoms with Crippen molar-refractivity contribution >= 4 is 0 Å². The predicted octanol–water partition coefficient (Wildman–Crippen LogP) is -0.153. The van der Waals surface area contributed by atoms with Gasteiger partial charge < -0.3 is 28.4 Å². The molecule has 2 heterocycles. The zero-order chi connectivity index (χ0) is 12.8. The summed E-state index contributed by atoms with van der Waals surface area (Å²) in [6, 6.07) is 0. The molecule has 6 heteroatoms. The molecular formula is C12H22O6. The molecule has 2 fully saturated rings. The fourth-order valence-corrected chi connectivity index (χ4v) is 2.28. The van der Waals surface area contributed by atoms with E-state index in [4.69, 9.17) is 28.4 Å². The van der Waals surface area contributed by atoms with Gasteiger partial charge in [-0.1, -0.05) is 0 Å². The topological polar surface area (TPSA) is 55.4 Å². The van der Waals surface area contributed by atoms with Gasteiger partial charge in [-0.25, -0.2) is 0 Å². The monoisotopic (exact) mass is 262 g/mol. The van der Waals surface area contributed by atoms with Crippen LogP contribution in [0.15, 0.2) is 0 Å². The van der Waals surface area contributed by atoms with Crippen molar-refractivity contribution in [2.75, 3.05) is 53.9 Å². The molecule has 0 bridgehead atoms. The summed E-state index contributed by atoms with van der Waals surface area (Å²) in [6.07, 6.45) is -0.0637. The lowest BCUT2D eigenvalue weighted by atomic mass is 10.1. The van der Waals surface area contributed by atoms with E-state index in [2.05, 4.69) is 0 Å². The Balaban J connectivity index is 1.72. The maximum atomic E-state index is 5.71. The first kappa shape index (κ1) is 14.2. The molecule has 2 saturated heterocycles. The Morgan fingerprint density at radius 1 is 0.778 bits per heavy atom. The first-order valence-corrected chi connectivity index (χ1v) is 6.31. The number of ether oxygens (including phenoxy) is 6. The van der Waals surface area contributed by atoms with Gasteiger partial charge in [0.05, 0.1) is 39.6 Å². The highest BCUT2D eigenvalue weighted by molar-refractivity contribution is 4.95. The summed E-state index contributed by atoms with van der Waals surface area (Å²) in [5.41, 5.74) is 0. The van der Waals surface area contributed by atoms with E-state index in [-0.39, 0.29) is 24.4 Å². The van der Waals surface area contributed by atoms with Crippen LogP contribution in [0.3, 0.4) is 0 Å². The average Bonchev–Trinajstić information content (AvgIpc) is 2.94. The second-order valence-electron chi connectivity index (χ2n) is 4.40. The second-order valence-corrected chi connectivity index (χ2v) is 4.40. The Morgan fingerprint density at radius 2 is 1.22 bits per heavy atom. The molecule has 2 rings (SSSR count). The van der Waals surface area contributed by atoms with Crippen molar-refractivity contribution in [1.82, 2.24) is 0 Å². The van der Waals surface area contributed by atoms with Crippen LogP contribution in [-0.2, 0) is 28.4 Å². The van der Waals surface area contributed by atoms with Gasteiger partial charge in [0.2, 0.25) is 0 Å². The minimum Gasteiger partial charge on any atom is -0.382 e. The Labute approximate surface area is 107 Å². The van der Waals surface area contributed by atoms with Crippen molar-refractivity contribution < 1.29 is 28.4 Å². The van der Waals surface area contributed by atoms with Crippen molar-refractivity contribution in [1.29, 1.82) is 0 Å². The van der Waals surface area contributed by atoms with E-state index >= 15 is 0 Å². The van der Waals surface area contributed by atoms with Crippen LogP contribution in [-0.4, -0.2) is 78.3 Å². The first-order valence-electron chi connectivity index (χ1n) is 6.31. The highest BCUT2D eigenvalue weighted by Gasteiger charge is 2.48. The lowest BCUT2D eigenvalue weighted by Gasteiger charge is -2.17. The van der Waals surface area contributed by atoms with E-state index in [1.807, 2.05) is 0 Å². The van der Waals surface area contributed by atoms with E-state index < -0.39 is 0 Å². The summed E-state index contributed by atoms with van der Waals surface area (Å²) in [4.78, 5) is 0. The molecule has 0 aromatic heterocycles. The van der Waals surface area contributed by atoms with E-state index in [9.17, 15) is 0 Å². The van der Waals surface area contributed by atoms with Crippen LogP contribution in [0.5, 0.6) is 0 Å². The van der Waals surface area contributed by atoms with E-state index in [0.717, 1.165) is 0 Å². The third-order valence-corrected chi connectivity index (χ3v) is 3.20. The van der Waals surface area contributed by atoms with E-state index in [0.29, 0.717) is 39.6 Å². The second kappa shape index (κ2) is 7.37. The molecule has 0 amide bonds. The van der Waals surface area contributed by atoms with E-state index in [1.54, 1.807) is 14.2 Å². The zero-order valence-corrected chi connectivity index (χ0v) is 11.0. The molecule has 0 unspecified atom stereocenters. The molecule has 0 spiro atoms. The summed E-state index contributed by atoms with van der Waals surface area (Å²) in [6.45, 7) is 3.41. The molecule has 0 aromatic rings. The van der Waals surface area contributed by atoms with Gasteiger partial charge in [0.15, 0.2) is 0 Å². The van der Waals surface area contributed by atoms with Crippen LogP contribution in [0, 0.1) is 0 Å². The van der Waals surface area contributed by atoms with Crippen LogP contribution in [0.2, 0.25) is 0 Å². The fraction of sp³-hybridized carbons (Fsp3) is 1.00. The van der Waals surface area contributed by atoms with Crippen LogP contribution < -0.4 is 0 Å². The maximum absolute atomic E-state index is 5.71. The molecule has 0 radical (unpaired) electrons. The van der Waals surface area contributed by atoms with E-state index in [1.165, 1.54) is 0 Å². The van der Waals surface area contributed by atoms with Crippen LogP contribution in [0.1, 0.15) is 0 Å². The molecule has 2 aliphatic rings. The minimum absolute atomic E-state index is 0.0128. The molecule has 4 atom stereocenters. The van der Waals surface area contributed by atoms with Crippen molar-refractivity contribution in [3.05, 3.63) is 0 Å². The van der Waals surface area contributed by atoms with Gasteiger partial charge in [-0.05, 0) is 0 Å². The number of rotatable bonds is 8. The van der Waals surface area contributed by atoms with Gasteiger partial charge in [0.25, 0.3) is 0 Å². The highest BCUT2D eigenvalue weighted by Crippen LogP contribution is 2.30. The normalized spacial score (nSPS) is 35.0. The first-order chi connectivity index (χ1) is 8.86. The van der Waals surface area contributed by atoms with Crippen LogP contribution in [0.4, 0.5) is 0 Å². The van der Waals surface area contributed by atoms with Gasteiger partial charge in [0, 0.05) is 14.2 Å². The molecule has 0 saturated carbocycles. The Kier molecular flexibility index (Phi) is 5.81.